The Labute approximate surface area is 127 Å². The van der Waals surface area contributed by atoms with Crippen LogP contribution in [0.2, 0.25) is 15.2 Å². The molecule has 0 aliphatic carbocycles. The largest absolute Gasteiger partial charge is 0.462 e. The van der Waals surface area contributed by atoms with Crippen LogP contribution in [0.25, 0.3) is 0 Å². The fraction of sp³-hybridized carbons (Fsp3) is 0.500. The topological polar surface area (TPSA) is 48.4 Å². The number of nitrogens with zero attached hydrogens (tertiary/aromatic N) is 1. The SMILES string of the molecule is CC(Oc1nc(Cl)c(Cl)cc1Cl)C(=O)OC(C)(C)C. The van der Waals surface area contributed by atoms with E-state index in [9.17, 15) is 4.79 Å². The molecule has 0 amide bonds. The number of hydrogen-bond acceptors (Lipinski definition) is 4. The number of rotatable bonds is 3. The average molecular weight is 327 g/mol. The van der Waals surface area contributed by atoms with Gasteiger partial charge in [0.25, 0.3) is 0 Å². The summed E-state index contributed by atoms with van der Waals surface area (Å²) in [5, 5.41) is 0.436. The number of ether oxygens (including phenoxy) is 2. The van der Waals surface area contributed by atoms with E-state index in [0.717, 1.165) is 0 Å². The lowest BCUT2D eigenvalue weighted by Crippen LogP contribution is -2.33. The van der Waals surface area contributed by atoms with Gasteiger partial charge in [-0.05, 0) is 33.8 Å². The molecule has 106 valence electrons. The molecule has 0 saturated carbocycles. The molecule has 4 nitrogen and oxygen atoms in total. The molecule has 1 rings (SSSR count). The lowest BCUT2D eigenvalue weighted by atomic mass is 10.2. The van der Waals surface area contributed by atoms with E-state index in [-0.39, 0.29) is 21.1 Å². The third-order valence-electron chi connectivity index (χ3n) is 1.88. The Balaban J connectivity index is 2.80. The van der Waals surface area contributed by atoms with Gasteiger partial charge in [-0.1, -0.05) is 34.8 Å². The first kappa shape index (κ1) is 16.3. The molecule has 1 aromatic rings. The van der Waals surface area contributed by atoms with Crippen molar-refractivity contribution in [3.05, 3.63) is 21.3 Å². The molecular weight excluding hydrogens is 312 g/mol. The van der Waals surface area contributed by atoms with Crippen LogP contribution in [0.4, 0.5) is 0 Å². The van der Waals surface area contributed by atoms with Crippen LogP contribution in [-0.4, -0.2) is 22.7 Å². The maximum absolute atomic E-state index is 11.7. The predicted octanol–water partition coefficient (Wildman–Crippen LogP) is 4.15. The molecule has 1 unspecified atom stereocenters. The van der Waals surface area contributed by atoms with Gasteiger partial charge in [0.15, 0.2) is 11.3 Å². The molecule has 1 aromatic heterocycles. The lowest BCUT2D eigenvalue weighted by Gasteiger charge is -2.22. The zero-order valence-electron chi connectivity index (χ0n) is 11.0. The smallest absolute Gasteiger partial charge is 0.347 e. The predicted molar refractivity (Wildman–Crippen MR) is 75.2 cm³/mol. The quantitative estimate of drug-likeness (QED) is 0.618. The van der Waals surface area contributed by atoms with Crippen LogP contribution < -0.4 is 4.74 Å². The normalized spacial score (nSPS) is 13.0. The highest BCUT2D eigenvalue weighted by molar-refractivity contribution is 6.42. The second kappa shape index (κ2) is 6.16. The number of carbonyl (C=O) groups is 1. The summed E-state index contributed by atoms with van der Waals surface area (Å²) in [4.78, 5) is 15.6. The van der Waals surface area contributed by atoms with Crippen LogP contribution in [0.3, 0.4) is 0 Å². The van der Waals surface area contributed by atoms with Crippen molar-refractivity contribution in [3.63, 3.8) is 0 Å². The third-order valence-corrected chi connectivity index (χ3v) is 2.83. The van der Waals surface area contributed by atoms with E-state index in [0.29, 0.717) is 0 Å². The first-order valence-corrected chi connectivity index (χ1v) is 6.64. The van der Waals surface area contributed by atoms with E-state index in [2.05, 4.69) is 4.98 Å². The van der Waals surface area contributed by atoms with Crippen LogP contribution in [0.1, 0.15) is 27.7 Å². The molecule has 0 aromatic carbocycles. The minimum Gasteiger partial charge on any atom is -0.462 e. The first-order valence-electron chi connectivity index (χ1n) is 5.51. The van der Waals surface area contributed by atoms with Crippen molar-refractivity contribution in [2.75, 3.05) is 0 Å². The van der Waals surface area contributed by atoms with Gasteiger partial charge in [0.1, 0.15) is 10.6 Å². The van der Waals surface area contributed by atoms with E-state index in [1.807, 2.05) is 0 Å². The summed E-state index contributed by atoms with van der Waals surface area (Å²) in [5.41, 5.74) is -0.594. The zero-order valence-corrected chi connectivity index (χ0v) is 13.2. The van der Waals surface area contributed by atoms with E-state index in [1.54, 1.807) is 20.8 Å². The molecule has 0 aliphatic rings. The van der Waals surface area contributed by atoms with E-state index >= 15 is 0 Å². The highest BCUT2D eigenvalue weighted by Crippen LogP contribution is 2.31. The van der Waals surface area contributed by atoms with Crippen molar-refractivity contribution < 1.29 is 14.3 Å². The fourth-order valence-electron chi connectivity index (χ4n) is 1.11. The minimum atomic E-state index is -0.860. The molecule has 0 spiro atoms. The molecule has 0 saturated heterocycles. The van der Waals surface area contributed by atoms with E-state index < -0.39 is 17.7 Å². The van der Waals surface area contributed by atoms with Gasteiger partial charge >= 0.3 is 5.97 Å². The van der Waals surface area contributed by atoms with Crippen molar-refractivity contribution in [1.82, 2.24) is 4.98 Å². The standard InChI is InChI=1S/C12H14Cl3NO3/c1-6(11(17)19-12(2,3)4)18-10-8(14)5-7(13)9(15)16-10/h5-6H,1-4H3. The van der Waals surface area contributed by atoms with Gasteiger partial charge in [0, 0.05) is 0 Å². The molecule has 0 bridgehead atoms. The zero-order chi connectivity index (χ0) is 14.8. The van der Waals surface area contributed by atoms with E-state index in [1.165, 1.54) is 13.0 Å². The molecule has 7 heteroatoms. The summed E-state index contributed by atoms with van der Waals surface area (Å²) >= 11 is 17.4. The lowest BCUT2D eigenvalue weighted by molar-refractivity contribution is -0.162. The number of aromatic nitrogens is 1. The van der Waals surface area contributed by atoms with Gasteiger partial charge < -0.3 is 9.47 Å². The number of pyridine rings is 1. The Bertz CT molecular complexity index is 486. The summed E-state index contributed by atoms with van der Waals surface area (Å²) in [7, 11) is 0. The molecule has 1 atom stereocenters. The molecular formula is C12H14Cl3NO3. The second-order valence-corrected chi connectivity index (χ2v) is 6.01. The summed E-state index contributed by atoms with van der Waals surface area (Å²) < 4.78 is 10.5. The second-order valence-electron chi connectivity index (χ2n) is 4.84. The summed E-state index contributed by atoms with van der Waals surface area (Å²) in [6, 6.07) is 1.40. The van der Waals surface area contributed by atoms with E-state index in [4.69, 9.17) is 44.3 Å². The summed E-state index contributed by atoms with van der Waals surface area (Å²) in [5.74, 6) is -0.481. The average Bonchev–Trinajstić information content (AvgIpc) is 2.23. The van der Waals surface area contributed by atoms with Gasteiger partial charge in [0.2, 0.25) is 5.88 Å². The van der Waals surface area contributed by atoms with Gasteiger partial charge in [-0.25, -0.2) is 4.79 Å². The number of carbonyl (C=O) groups excluding carboxylic acids is 1. The number of esters is 1. The molecule has 1 heterocycles. The fourth-order valence-corrected chi connectivity index (χ4v) is 1.65. The number of hydrogen-bond donors (Lipinski definition) is 0. The van der Waals surface area contributed by atoms with Gasteiger partial charge in [-0.3, -0.25) is 0 Å². The van der Waals surface area contributed by atoms with Crippen molar-refractivity contribution in [2.24, 2.45) is 0 Å². The Morgan fingerprint density at radius 1 is 1.26 bits per heavy atom. The van der Waals surface area contributed by atoms with Crippen molar-refractivity contribution in [3.8, 4) is 5.88 Å². The monoisotopic (exact) mass is 325 g/mol. The number of halogens is 3. The van der Waals surface area contributed by atoms with Crippen molar-refractivity contribution in [1.29, 1.82) is 0 Å². The van der Waals surface area contributed by atoms with Crippen molar-refractivity contribution in [2.45, 2.75) is 39.4 Å². The van der Waals surface area contributed by atoms with Gasteiger partial charge in [0.05, 0.1) is 5.02 Å². The maximum atomic E-state index is 11.7. The van der Waals surface area contributed by atoms with Gasteiger partial charge in [-0.15, -0.1) is 0 Å². The minimum absolute atomic E-state index is 0.0365. The molecule has 0 fully saturated rings. The Morgan fingerprint density at radius 2 is 1.84 bits per heavy atom. The maximum Gasteiger partial charge on any atom is 0.347 e. The molecule has 0 radical (unpaired) electrons. The Morgan fingerprint density at radius 3 is 2.37 bits per heavy atom. The van der Waals surface area contributed by atoms with Crippen LogP contribution >= 0.6 is 34.8 Å². The van der Waals surface area contributed by atoms with Gasteiger partial charge in [-0.2, -0.15) is 4.98 Å². The summed E-state index contributed by atoms with van der Waals surface area (Å²) in [6.07, 6.45) is -0.860. The van der Waals surface area contributed by atoms with Crippen LogP contribution in [0.15, 0.2) is 6.07 Å². The third kappa shape index (κ3) is 5.05. The Hall–Kier alpha value is -0.710. The first-order chi connectivity index (χ1) is 8.60. The van der Waals surface area contributed by atoms with Crippen molar-refractivity contribution >= 4 is 40.8 Å². The molecule has 0 aliphatic heterocycles. The highest BCUT2D eigenvalue weighted by atomic mass is 35.5. The molecule has 19 heavy (non-hydrogen) atoms. The summed E-state index contributed by atoms with van der Waals surface area (Å²) in [6.45, 7) is 6.83. The Kier molecular flexibility index (Phi) is 5.30. The molecule has 0 N–H and O–H groups in total. The van der Waals surface area contributed by atoms with Crippen LogP contribution in [0, 0.1) is 0 Å². The van der Waals surface area contributed by atoms with Crippen LogP contribution in [-0.2, 0) is 9.53 Å². The highest BCUT2D eigenvalue weighted by Gasteiger charge is 2.24. The van der Waals surface area contributed by atoms with Crippen LogP contribution in [0.5, 0.6) is 5.88 Å².